The third kappa shape index (κ3) is 4.63. The molecule has 0 spiro atoms. The summed E-state index contributed by atoms with van der Waals surface area (Å²) in [6.07, 6.45) is 3.38. The topological polar surface area (TPSA) is 81.3 Å². The number of carbonyl (C=O) groups excluding carboxylic acids is 1. The van der Waals surface area contributed by atoms with E-state index in [2.05, 4.69) is 31.3 Å². The highest BCUT2D eigenvalue weighted by Crippen LogP contribution is 2.21. The predicted octanol–water partition coefficient (Wildman–Crippen LogP) is 5.08. The third-order valence-corrected chi connectivity index (χ3v) is 6.02. The number of aromatic nitrogens is 3. The van der Waals surface area contributed by atoms with Crippen LogP contribution in [0.4, 0.5) is 10.1 Å². The first-order valence-electron chi connectivity index (χ1n) is 10.8. The summed E-state index contributed by atoms with van der Waals surface area (Å²) in [6.45, 7) is 1.75. The van der Waals surface area contributed by atoms with Crippen molar-refractivity contribution < 1.29 is 9.18 Å². The van der Waals surface area contributed by atoms with Gasteiger partial charge in [-0.05, 0) is 49.4 Å². The zero-order chi connectivity index (χ0) is 24.5. The van der Waals surface area contributed by atoms with Crippen LogP contribution in [0.3, 0.4) is 0 Å². The molecule has 7 nitrogen and oxygen atoms in total. The summed E-state index contributed by atoms with van der Waals surface area (Å²) in [5.41, 5.74) is 2.28. The van der Waals surface area contributed by atoms with E-state index in [0.717, 1.165) is 20.9 Å². The first kappa shape index (κ1) is 22.7. The molecule has 0 unspecified atom stereocenters. The van der Waals surface area contributed by atoms with E-state index in [-0.39, 0.29) is 18.0 Å². The largest absolute Gasteiger partial charge is 0.337 e. The molecule has 0 aliphatic carbocycles. The van der Waals surface area contributed by atoms with Gasteiger partial charge in [0.2, 0.25) is 5.91 Å². The van der Waals surface area contributed by atoms with Crippen LogP contribution in [0.2, 0.25) is 0 Å². The predicted molar refractivity (Wildman–Crippen MR) is 138 cm³/mol. The van der Waals surface area contributed by atoms with E-state index in [9.17, 15) is 14.0 Å². The van der Waals surface area contributed by atoms with Gasteiger partial charge in [-0.2, -0.15) is 9.78 Å². The molecule has 2 aromatic heterocycles. The van der Waals surface area contributed by atoms with Crippen LogP contribution in [-0.2, 0) is 11.3 Å². The second-order valence-electron chi connectivity index (χ2n) is 7.97. The molecule has 0 aliphatic rings. The molecule has 0 aliphatic heterocycles. The summed E-state index contributed by atoms with van der Waals surface area (Å²) >= 11 is 3.39. The van der Waals surface area contributed by atoms with Crippen LogP contribution in [0, 0.1) is 12.7 Å². The number of carbonyl (C=O) groups is 1. The number of rotatable bonds is 5. The van der Waals surface area contributed by atoms with Gasteiger partial charge in [-0.25, -0.2) is 9.37 Å². The summed E-state index contributed by atoms with van der Waals surface area (Å²) in [5, 5.41) is 8.46. The van der Waals surface area contributed by atoms with Crippen molar-refractivity contribution in [1.82, 2.24) is 14.2 Å². The van der Waals surface area contributed by atoms with Crippen LogP contribution in [0.1, 0.15) is 11.4 Å². The highest BCUT2D eigenvalue weighted by atomic mass is 79.9. The maximum atomic E-state index is 13.4. The standard InChI is InChI=1S/C26H19BrFN5O2/c1-16-30-23-10-9-18(27)11-22(23)26(35)33(16)29-13-17-14-32(24-8-3-2-7-21(17)24)15-25(34)31-20-6-4-5-19(28)12-20/h2-14H,15H2,1H3,(H,31,34). The molecular formula is C26H19BrFN5O2. The minimum absolute atomic E-state index is 0.0232. The number of aryl methyl sites for hydroxylation is 1. The molecule has 2 heterocycles. The molecule has 1 amide bonds. The molecule has 0 saturated carbocycles. The quantitative estimate of drug-likeness (QED) is 0.321. The summed E-state index contributed by atoms with van der Waals surface area (Å²) in [4.78, 5) is 30.1. The summed E-state index contributed by atoms with van der Waals surface area (Å²) in [5.74, 6) is -0.260. The Morgan fingerprint density at radius 2 is 1.94 bits per heavy atom. The van der Waals surface area contributed by atoms with Crippen LogP contribution in [-0.4, -0.2) is 26.3 Å². The molecule has 0 radical (unpaired) electrons. The Morgan fingerprint density at radius 3 is 2.77 bits per heavy atom. The molecule has 1 N–H and O–H groups in total. The van der Waals surface area contributed by atoms with Crippen LogP contribution >= 0.6 is 15.9 Å². The van der Waals surface area contributed by atoms with Crippen molar-refractivity contribution in [2.75, 3.05) is 5.32 Å². The van der Waals surface area contributed by atoms with Gasteiger partial charge in [0.25, 0.3) is 5.56 Å². The first-order chi connectivity index (χ1) is 16.9. The number of hydrogen-bond acceptors (Lipinski definition) is 4. The fourth-order valence-corrected chi connectivity index (χ4v) is 4.31. The Balaban J connectivity index is 1.48. The molecule has 174 valence electrons. The van der Waals surface area contributed by atoms with Gasteiger partial charge in [0.05, 0.1) is 17.1 Å². The molecule has 0 saturated heterocycles. The zero-order valence-electron chi connectivity index (χ0n) is 18.6. The summed E-state index contributed by atoms with van der Waals surface area (Å²) in [6, 6.07) is 18.7. The minimum Gasteiger partial charge on any atom is -0.337 e. The molecule has 9 heteroatoms. The van der Waals surface area contributed by atoms with Gasteiger partial charge < -0.3 is 9.88 Å². The Bertz CT molecular complexity index is 1690. The van der Waals surface area contributed by atoms with E-state index >= 15 is 0 Å². The number of hydrogen-bond donors (Lipinski definition) is 1. The smallest absolute Gasteiger partial charge is 0.282 e. The lowest BCUT2D eigenvalue weighted by Crippen LogP contribution is -2.20. The van der Waals surface area contributed by atoms with E-state index in [1.54, 1.807) is 42.1 Å². The van der Waals surface area contributed by atoms with Gasteiger partial charge in [0.15, 0.2) is 0 Å². The molecule has 5 rings (SSSR count). The second kappa shape index (κ2) is 9.27. The lowest BCUT2D eigenvalue weighted by molar-refractivity contribution is -0.116. The van der Waals surface area contributed by atoms with Gasteiger partial charge in [-0.3, -0.25) is 9.59 Å². The monoisotopic (exact) mass is 531 g/mol. The molecular weight excluding hydrogens is 513 g/mol. The lowest BCUT2D eigenvalue weighted by atomic mass is 10.2. The average Bonchev–Trinajstić information content (AvgIpc) is 3.17. The van der Waals surface area contributed by atoms with Gasteiger partial charge in [0, 0.05) is 32.8 Å². The summed E-state index contributed by atoms with van der Waals surface area (Å²) < 4.78 is 17.3. The maximum Gasteiger partial charge on any atom is 0.282 e. The van der Waals surface area contributed by atoms with Crippen LogP contribution < -0.4 is 10.9 Å². The van der Waals surface area contributed by atoms with E-state index in [0.29, 0.717) is 22.4 Å². The van der Waals surface area contributed by atoms with Crippen LogP contribution in [0.25, 0.3) is 21.8 Å². The number of anilines is 1. The zero-order valence-corrected chi connectivity index (χ0v) is 20.2. The Labute approximate surface area is 207 Å². The fraction of sp³-hybridized carbons (Fsp3) is 0.0769. The maximum absolute atomic E-state index is 13.4. The number of fused-ring (bicyclic) bond motifs is 2. The normalized spacial score (nSPS) is 11.5. The van der Waals surface area contributed by atoms with E-state index in [1.807, 2.05) is 30.3 Å². The molecule has 5 aromatic rings. The Hall–Kier alpha value is -4.11. The molecule has 0 atom stereocenters. The highest BCUT2D eigenvalue weighted by Gasteiger charge is 2.12. The van der Waals surface area contributed by atoms with Crippen LogP contribution in [0.15, 0.2) is 87.3 Å². The molecule has 0 bridgehead atoms. The number of amides is 1. The second-order valence-corrected chi connectivity index (χ2v) is 8.89. The SMILES string of the molecule is Cc1nc2ccc(Br)cc2c(=O)n1N=Cc1cn(CC(=O)Nc2cccc(F)c2)c2ccccc12. The van der Waals surface area contributed by atoms with E-state index in [4.69, 9.17) is 0 Å². The minimum atomic E-state index is -0.422. The van der Waals surface area contributed by atoms with Gasteiger partial charge in [-0.1, -0.05) is 40.2 Å². The van der Waals surface area contributed by atoms with Gasteiger partial charge >= 0.3 is 0 Å². The lowest BCUT2D eigenvalue weighted by Gasteiger charge is -2.07. The highest BCUT2D eigenvalue weighted by molar-refractivity contribution is 9.10. The van der Waals surface area contributed by atoms with Crippen molar-refractivity contribution >= 4 is 55.5 Å². The number of benzene rings is 3. The number of nitrogens with one attached hydrogen (secondary N) is 1. The molecule has 0 fully saturated rings. The van der Waals surface area contributed by atoms with Gasteiger partial charge in [0.1, 0.15) is 18.2 Å². The average molecular weight is 532 g/mol. The summed E-state index contributed by atoms with van der Waals surface area (Å²) in [7, 11) is 0. The number of nitrogens with zero attached hydrogens (tertiary/aromatic N) is 4. The van der Waals surface area contributed by atoms with Crippen molar-refractivity contribution in [2.24, 2.45) is 5.10 Å². The van der Waals surface area contributed by atoms with Crippen molar-refractivity contribution in [3.8, 4) is 0 Å². The number of para-hydroxylation sites is 1. The van der Waals surface area contributed by atoms with Crippen LogP contribution in [0.5, 0.6) is 0 Å². The van der Waals surface area contributed by atoms with Crippen molar-refractivity contribution in [1.29, 1.82) is 0 Å². The van der Waals surface area contributed by atoms with Crippen molar-refractivity contribution in [3.05, 3.63) is 105 Å². The van der Waals surface area contributed by atoms with Crippen molar-refractivity contribution in [3.63, 3.8) is 0 Å². The van der Waals surface area contributed by atoms with Gasteiger partial charge in [-0.15, -0.1) is 0 Å². The Kier molecular flexibility index (Phi) is 6.00. The molecule has 3 aromatic carbocycles. The fourth-order valence-electron chi connectivity index (χ4n) is 3.95. The first-order valence-corrected chi connectivity index (χ1v) is 11.5. The number of halogens is 2. The molecule has 35 heavy (non-hydrogen) atoms. The van der Waals surface area contributed by atoms with E-state index in [1.165, 1.54) is 22.9 Å². The van der Waals surface area contributed by atoms with E-state index < -0.39 is 5.82 Å². The van der Waals surface area contributed by atoms with Crippen molar-refractivity contribution in [2.45, 2.75) is 13.5 Å². The Morgan fingerprint density at radius 1 is 1.11 bits per heavy atom. The third-order valence-electron chi connectivity index (χ3n) is 5.52.